The van der Waals surface area contributed by atoms with Gasteiger partial charge in [0.2, 0.25) is 6.10 Å². The van der Waals surface area contributed by atoms with E-state index in [2.05, 4.69) is 4.74 Å². The molecule has 21 heavy (non-hydrogen) atoms. The molecule has 7 nitrogen and oxygen atoms in total. The van der Waals surface area contributed by atoms with Crippen molar-refractivity contribution >= 4 is 17.8 Å². The summed E-state index contributed by atoms with van der Waals surface area (Å²) in [6.45, 7) is -0.369. The quantitative estimate of drug-likeness (QED) is 0.758. The van der Waals surface area contributed by atoms with Crippen molar-refractivity contribution in [2.24, 2.45) is 0 Å². The van der Waals surface area contributed by atoms with E-state index in [1.807, 2.05) is 0 Å². The molecule has 0 saturated carbocycles. The van der Waals surface area contributed by atoms with Gasteiger partial charge >= 0.3 is 11.9 Å². The number of aliphatic hydroxyl groups is 1. The third-order valence-corrected chi connectivity index (χ3v) is 3.10. The first-order valence-electron chi connectivity index (χ1n) is 6.32. The van der Waals surface area contributed by atoms with Gasteiger partial charge in [-0.15, -0.1) is 0 Å². The molecule has 1 fully saturated rings. The summed E-state index contributed by atoms with van der Waals surface area (Å²) < 4.78 is 9.49. The monoisotopic (exact) mass is 293 g/mol. The van der Waals surface area contributed by atoms with Crippen LogP contribution < -0.4 is 0 Å². The van der Waals surface area contributed by atoms with Crippen LogP contribution in [0.2, 0.25) is 0 Å². The SMILES string of the molecule is COC(=O)CN1C[C@H](O)[C@@H](OC(=O)c2ccccc2)C1=O. The fourth-order valence-corrected chi connectivity index (χ4v) is 2.01. The van der Waals surface area contributed by atoms with Crippen LogP contribution in [0.25, 0.3) is 0 Å². The van der Waals surface area contributed by atoms with Crippen molar-refractivity contribution in [3.05, 3.63) is 35.9 Å². The van der Waals surface area contributed by atoms with Gasteiger partial charge in [0, 0.05) is 0 Å². The molecule has 2 atom stereocenters. The summed E-state index contributed by atoms with van der Waals surface area (Å²) in [5, 5.41) is 9.82. The number of β-amino-alcohol motifs (C(OH)–C–C–N with tert-alkyl or cyclic N) is 1. The largest absolute Gasteiger partial charge is 0.468 e. The predicted octanol–water partition coefficient (Wildman–Crippen LogP) is -0.412. The highest BCUT2D eigenvalue weighted by molar-refractivity contribution is 5.94. The second kappa shape index (κ2) is 6.36. The first-order valence-corrected chi connectivity index (χ1v) is 6.32. The van der Waals surface area contributed by atoms with Crippen LogP contribution in [0, 0.1) is 0 Å². The second-order valence-electron chi connectivity index (χ2n) is 4.55. The number of carbonyl (C=O) groups is 3. The molecule has 1 aliphatic heterocycles. The molecule has 0 spiro atoms. The third kappa shape index (κ3) is 3.38. The van der Waals surface area contributed by atoms with Crippen LogP contribution in [0.1, 0.15) is 10.4 Å². The molecule has 1 aromatic rings. The standard InChI is InChI=1S/C14H15NO6/c1-20-11(17)8-15-7-10(16)12(13(15)18)21-14(19)9-5-3-2-4-6-9/h2-6,10,12,16H,7-8H2,1H3/t10-,12+/m0/s1. The van der Waals surface area contributed by atoms with Gasteiger partial charge in [-0.25, -0.2) is 4.79 Å². The normalized spacial score (nSPS) is 21.2. The van der Waals surface area contributed by atoms with E-state index in [4.69, 9.17) is 4.74 Å². The number of hydrogen-bond donors (Lipinski definition) is 1. The molecule has 0 aliphatic carbocycles. The van der Waals surface area contributed by atoms with Crippen LogP contribution in [-0.4, -0.2) is 60.3 Å². The highest BCUT2D eigenvalue weighted by atomic mass is 16.6. The summed E-state index contributed by atoms with van der Waals surface area (Å²) in [5.41, 5.74) is 0.281. The van der Waals surface area contributed by atoms with Gasteiger partial charge in [0.05, 0.1) is 19.2 Å². The van der Waals surface area contributed by atoms with E-state index >= 15 is 0 Å². The van der Waals surface area contributed by atoms with Gasteiger partial charge in [-0.05, 0) is 12.1 Å². The highest BCUT2D eigenvalue weighted by Crippen LogP contribution is 2.17. The topological polar surface area (TPSA) is 93.1 Å². The zero-order valence-electron chi connectivity index (χ0n) is 11.4. The third-order valence-electron chi connectivity index (χ3n) is 3.10. The van der Waals surface area contributed by atoms with Crippen LogP contribution in [0.5, 0.6) is 0 Å². The van der Waals surface area contributed by atoms with Gasteiger partial charge in [0.15, 0.2) is 0 Å². The van der Waals surface area contributed by atoms with E-state index in [0.29, 0.717) is 0 Å². The summed E-state index contributed by atoms with van der Waals surface area (Å²) in [6.07, 6.45) is -2.47. The van der Waals surface area contributed by atoms with Gasteiger partial charge in [-0.3, -0.25) is 9.59 Å². The molecule has 1 aliphatic rings. The minimum atomic E-state index is -1.30. The van der Waals surface area contributed by atoms with E-state index in [0.717, 1.165) is 4.90 Å². The van der Waals surface area contributed by atoms with E-state index in [-0.39, 0.29) is 18.7 Å². The summed E-state index contributed by atoms with van der Waals surface area (Å²) in [5.74, 6) is -1.92. The minimum Gasteiger partial charge on any atom is -0.468 e. The Bertz CT molecular complexity index is 544. The molecule has 7 heteroatoms. The Morgan fingerprint density at radius 2 is 2.00 bits per heavy atom. The number of nitrogens with zero attached hydrogens (tertiary/aromatic N) is 1. The summed E-state index contributed by atoms with van der Waals surface area (Å²) in [7, 11) is 1.20. The molecule has 0 aromatic heterocycles. The number of amides is 1. The lowest BCUT2D eigenvalue weighted by Gasteiger charge is -2.14. The lowest BCUT2D eigenvalue weighted by atomic mass is 10.2. The highest BCUT2D eigenvalue weighted by Gasteiger charge is 2.43. The zero-order chi connectivity index (χ0) is 15.4. The van der Waals surface area contributed by atoms with Crippen LogP contribution in [-0.2, 0) is 19.1 Å². The molecule has 1 aromatic carbocycles. The Morgan fingerprint density at radius 3 is 2.62 bits per heavy atom. The number of likely N-dealkylation sites (tertiary alicyclic amines) is 1. The summed E-state index contributed by atoms with van der Waals surface area (Å²) in [4.78, 5) is 36.2. The number of rotatable bonds is 4. The van der Waals surface area contributed by atoms with Crippen LogP contribution in [0.3, 0.4) is 0 Å². The molecule has 1 heterocycles. The molecule has 0 radical (unpaired) electrons. The average Bonchev–Trinajstić information content (AvgIpc) is 2.75. The number of ether oxygens (including phenoxy) is 2. The maximum absolute atomic E-state index is 12.0. The molecule has 0 bridgehead atoms. The van der Waals surface area contributed by atoms with Crippen molar-refractivity contribution < 1.29 is 29.0 Å². The van der Waals surface area contributed by atoms with Gasteiger partial charge in [0.25, 0.3) is 5.91 Å². The van der Waals surface area contributed by atoms with Crippen molar-refractivity contribution in [3.63, 3.8) is 0 Å². The first-order chi connectivity index (χ1) is 10.0. The van der Waals surface area contributed by atoms with E-state index < -0.39 is 30.1 Å². The number of hydrogen-bond acceptors (Lipinski definition) is 6. The number of benzene rings is 1. The van der Waals surface area contributed by atoms with Crippen molar-refractivity contribution in [1.29, 1.82) is 0 Å². The number of carbonyl (C=O) groups excluding carboxylic acids is 3. The first kappa shape index (κ1) is 15.0. The van der Waals surface area contributed by atoms with Gasteiger partial charge in [-0.1, -0.05) is 18.2 Å². The van der Waals surface area contributed by atoms with Crippen molar-refractivity contribution in [1.82, 2.24) is 4.90 Å². The summed E-state index contributed by atoms with van der Waals surface area (Å²) in [6, 6.07) is 8.14. The Labute approximate surface area is 121 Å². The van der Waals surface area contributed by atoms with E-state index in [9.17, 15) is 19.5 Å². The molecular weight excluding hydrogens is 278 g/mol. The maximum atomic E-state index is 12.0. The fraction of sp³-hybridized carbons (Fsp3) is 0.357. The fourth-order valence-electron chi connectivity index (χ4n) is 2.01. The summed E-state index contributed by atoms with van der Waals surface area (Å²) >= 11 is 0. The molecular formula is C14H15NO6. The van der Waals surface area contributed by atoms with Crippen LogP contribution in [0.15, 0.2) is 30.3 Å². The molecule has 0 unspecified atom stereocenters. The van der Waals surface area contributed by atoms with Crippen LogP contribution >= 0.6 is 0 Å². The van der Waals surface area contributed by atoms with Crippen LogP contribution in [0.4, 0.5) is 0 Å². The molecule has 1 N–H and O–H groups in total. The van der Waals surface area contributed by atoms with E-state index in [1.165, 1.54) is 7.11 Å². The lowest BCUT2D eigenvalue weighted by Crippen LogP contribution is -2.36. The zero-order valence-corrected chi connectivity index (χ0v) is 11.4. The Balaban J connectivity index is 2.02. The molecule has 2 rings (SSSR count). The van der Waals surface area contributed by atoms with Crippen molar-refractivity contribution in [3.8, 4) is 0 Å². The Hall–Kier alpha value is -2.41. The Kier molecular flexibility index (Phi) is 4.54. The maximum Gasteiger partial charge on any atom is 0.339 e. The number of aliphatic hydroxyl groups excluding tert-OH is 1. The number of esters is 2. The van der Waals surface area contributed by atoms with Crippen molar-refractivity contribution in [2.45, 2.75) is 12.2 Å². The number of methoxy groups -OCH3 is 1. The minimum absolute atomic E-state index is 0.0827. The molecule has 112 valence electrons. The predicted molar refractivity (Wildman–Crippen MR) is 70.2 cm³/mol. The van der Waals surface area contributed by atoms with Gasteiger partial charge in [0.1, 0.15) is 12.6 Å². The van der Waals surface area contributed by atoms with Crippen molar-refractivity contribution in [2.75, 3.05) is 20.2 Å². The van der Waals surface area contributed by atoms with Gasteiger partial charge in [-0.2, -0.15) is 0 Å². The Morgan fingerprint density at radius 1 is 1.33 bits per heavy atom. The molecule has 1 saturated heterocycles. The lowest BCUT2D eigenvalue weighted by molar-refractivity contribution is -0.147. The van der Waals surface area contributed by atoms with E-state index in [1.54, 1.807) is 30.3 Å². The smallest absolute Gasteiger partial charge is 0.339 e. The van der Waals surface area contributed by atoms with Gasteiger partial charge < -0.3 is 19.5 Å². The average molecular weight is 293 g/mol. The molecule has 1 amide bonds. The second-order valence-corrected chi connectivity index (χ2v) is 4.55.